The van der Waals surface area contributed by atoms with Crippen molar-refractivity contribution < 1.29 is 5.48 Å². The Labute approximate surface area is 168 Å². The fourth-order valence-corrected chi connectivity index (χ4v) is 9.62. The summed E-state index contributed by atoms with van der Waals surface area (Å²) in [6, 6.07) is 0. The average Bonchev–Trinajstić information content (AvgIpc) is 2.54. The summed E-state index contributed by atoms with van der Waals surface area (Å²) < 4.78 is 5.45. The van der Waals surface area contributed by atoms with Crippen LogP contribution in [0.3, 0.4) is 0 Å². The van der Waals surface area contributed by atoms with Gasteiger partial charge in [0.2, 0.25) is 0 Å². The molecule has 2 radical (unpaired) electrons. The molecule has 23 heavy (non-hydrogen) atoms. The SMILES string of the molecule is CCCCCC[CH2][Sn]([Cl])[CH2]C.CCCCCC[CH2][Sn]([Cl])[CH2]C.O. The third kappa shape index (κ3) is 29.2. The third-order valence-corrected chi connectivity index (χ3v) is 19.5. The number of unbranched alkanes of at least 4 members (excludes halogenated alkanes) is 8. The van der Waals surface area contributed by atoms with Crippen LogP contribution in [0.15, 0.2) is 0 Å². The van der Waals surface area contributed by atoms with E-state index >= 15 is 0 Å². The van der Waals surface area contributed by atoms with Crippen LogP contribution in [0.4, 0.5) is 0 Å². The topological polar surface area (TPSA) is 31.5 Å². The third-order valence-electron chi connectivity index (χ3n) is 3.87. The summed E-state index contributed by atoms with van der Waals surface area (Å²) in [4.78, 5) is 0. The van der Waals surface area contributed by atoms with Gasteiger partial charge in [-0.15, -0.1) is 0 Å². The van der Waals surface area contributed by atoms with Gasteiger partial charge in [-0.25, -0.2) is 0 Å². The first-order chi connectivity index (χ1) is 10.6. The molecule has 0 aromatic heterocycles. The molecule has 142 valence electrons. The Morgan fingerprint density at radius 1 is 0.522 bits per heavy atom. The molecular formula is C18H42Cl2OSn2. The van der Waals surface area contributed by atoms with Gasteiger partial charge in [-0.05, 0) is 0 Å². The zero-order chi connectivity index (χ0) is 17.1. The van der Waals surface area contributed by atoms with Crippen LogP contribution in [-0.4, -0.2) is 42.7 Å². The molecule has 0 aliphatic carbocycles. The minimum Gasteiger partial charge on any atom is -0.412 e. The van der Waals surface area contributed by atoms with Crippen molar-refractivity contribution in [1.29, 1.82) is 0 Å². The summed E-state index contributed by atoms with van der Waals surface area (Å²) >= 11 is -2.51. The van der Waals surface area contributed by atoms with Crippen molar-refractivity contribution >= 4 is 55.1 Å². The predicted molar refractivity (Wildman–Crippen MR) is 115 cm³/mol. The van der Waals surface area contributed by atoms with Gasteiger partial charge < -0.3 is 5.48 Å². The fraction of sp³-hybridized carbons (Fsp3) is 1.00. The van der Waals surface area contributed by atoms with E-state index in [0.29, 0.717) is 0 Å². The van der Waals surface area contributed by atoms with Crippen LogP contribution in [0.2, 0.25) is 17.7 Å². The Balaban J connectivity index is -0.000000333. The van der Waals surface area contributed by atoms with E-state index in [9.17, 15) is 0 Å². The Bertz CT molecular complexity index is 178. The van der Waals surface area contributed by atoms with E-state index < -0.39 is 37.3 Å². The molecule has 0 unspecified atom stereocenters. The minimum absolute atomic E-state index is 0. The molecule has 0 aromatic rings. The largest absolute Gasteiger partial charge is 0.412 e. The molecule has 0 fully saturated rings. The maximum Gasteiger partial charge on any atom is -0.412 e. The van der Waals surface area contributed by atoms with Crippen LogP contribution in [-0.2, 0) is 0 Å². The van der Waals surface area contributed by atoms with Crippen molar-refractivity contribution in [2.75, 3.05) is 0 Å². The summed E-state index contributed by atoms with van der Waals surface area (Å²) in [6.45, 7) is 9.01. The molecule has 2 N–H and O–H groups in total. The Morgan fingerprint density at radius 2 is 0.826 bits per heavy atom. The molecule has 5 heteroatoms. The van der Waals surface area contributed by atoms with E-state index in [4.69, 9.17) is 17.8 Å². The Kier molecular flexibility index (Phi) is 34.3. The molecule has 0 rings (SSSR count). The van der Waals surface area contributed by atoms with Gasteiger partial charge >= 0.3 is 165 Å². The first-order valence-electron chi connectivity index (χ1n) is 9.62. The van der Waals surface area contributed by atoms with Gasteiger partial charge in [0.05, 0.1) is 0 Å². The summed E-state index contributed by atoms with van der Waals surface area (Å²) in [6.07, 6.45) is 14.0. The van der Waals surface area contributed by atoms with Crippen molar-refractivity contribution in [3.8, 4) is 0 Å². The van der Waals surface area contributed by atoms with E-state index in [2.05, 4.69) is 27.7 Å². The van der Waals surface area contributed by atoms with Crippen molar-refractivity contribution in [3.05, 3.63) is 0 Å². The summed E-state index contributed by atoms with van der Waals surface area (Å²) in [5.74, 6) is 0. The predicted octanol–water partition coefficient (Wildman–Crippen LogP) is 7.59. The summed E-state index contributed by atoms with van der Waals surface area (Å²) in [5.41, 5.74) is 0. The molecule has 0 amide bonds. The molecule has 1 nitrogen and oxygen atoms in total. The molecule has 0 aromatic carbocycles. The first kappa shape index (κ1) is 29.9. The minimum atomic E-state index is -1.25. The smallest absolute Gasteiger partial charge is 0.412 e. The molecule has 0 spiro atoms. The van der Waals surface area contributed by atoms with Gasteiger partial charge in [0, 0.05) is 0 Å². The second-order valence-corrected chi connectivity index (χ2v) is 26.0. The monoisotopic (exact) mass is 584 g/mol. The average molecular weight is 583 g/mol. The van der Waals surface area contributed by atoms with Crippen LogP contribution in [0.1, 0.15) is 91.9 Å². The second-order valence-electron chi connectivity index (χ2n) is 6.07. The van der Waals surface area contributed by atoms with Crippen LogP contribution in [0.5, 0.6) is 0 Å². The van der Waals surface area contributed by atoms with Crippen molar-refractivity contribution in [3.63, 3.8) is 0 Å². The van der Waals surface area contributed by atoms with Crippen molar-refractivity contribution in [1.82, 2.24) is 0 Å². The molecule has 0 heterocycles. The number of hydrogen-bond donors (Lipinski definition) is 0. The van der Waals surface area contributed by atoms with Gasteiger partial charge in [-0.3, -0.25) is 0 Å². The number of rotatable bonds is 14. The molecule has 0 aliphatic rings. The second kappa shape index (κ2) is 26.4. The molecule has 0 atom stereocenters. The van der Waals surface area contributed by atoms with E-state index in [1.807, 2.05) is 0 Å². The van der Waals surface area contributed by atoms with Crippen LogP contribution in [0, 0.1) is 0 Å². The maximum absolute atomic E-state index is 6.17. The van der Waals surface area contributed by atoms with Gasteiger partial charge in [-0.1, -0.05) is 0 Å². The zero-order valence-corrected chi connectivity index (χ0v) is 23.4. The fourth-order valence-electron chi connectivity index (χ4n) is 2.19. The van der Waals surface area contributed by atoms with E-state index in [1.54, 1.807) is 0 Å². The quantitative estimate of drug-likeness (QED) is 0.149. The summed E-state index contributed by atoms with van der Waals surface area (Å²) in [7, 11) is 12.3. The van der Waals surface area contributed by atoms with Crippen LogP contribution >= 0.6 is 17.8 Å². The van der Waals surface area contributed by atoms with E-state index in [1.165, 1.54) is 82.0 Å². The van der Waals surface area contributed by atoms with E-state index in [-0.39, 0.29) is 5.48 Å². The Morgan fingerprint density at radius 3 is 1.09 bits per heavy atom. The Hall–Kier alpha value is 2.14. The number of hydrogen-bond acceptors (Lipinski definition) is 0. The summed E-state index contributed by atoms with van der Waals surface area (Å²) in [5, 5.41) is 0. The normalized spacial score (nSPS) is 10.4. The number of halogens is 2. The first-order valence-corrected chi connectivity index (χ1v) is 24.9. The molecule has 0 saturated heterocycles. The maximum atomic E-state index is 6.17. The van der Waals surface area contributed by atoms with Crippen molar-refractivity contribution in [2.45, 2.75) is 110 Å². The molecular weight excluding hydrogens is 541 g/mol. The van der Waals surface area contributed by atoms with Gasteiger partial charge in [0.25, 0.3) is 0 Å². The van der Waals surface area contributed by atoms with Crippen LogP contribution < -0.4 is 0 Å². The van der Waals surface area contributed by atoms with Gasteiger partial charge in [-0.2, -0.15) is 0 Å². The molecule has 0 bridgehead atoms. The van der Waals surface area contributed by atoms with E-state index in [0.717, 1.165) is 0 Å². The molecule has 0 aliphatic heterocycles. The van der Waals surface area contributed by atoms with Crippen LogP contribution in [0.25, 0.3) is 0 Å². The molecule has 0 saturated carbocycles. The van der Waals surface area contributed by atoms with Gasteiger partial charge in [0.15, 0.2) is 0 Å². The van der Waals surface area contributed by atoms with Gasteiger partial charge in [0.1, 0.15) is 0 Å². The van der Waals surface area contributed by atoms with Crippen molar-refractivity contribution in [2.24, 2.45) is 0 Å². The standard InChI is InChI=1S/2C7H15.2C2H5.2ClH.H2O.2Sn/c2*1-3-5-7-6-4-2;2*1-2;;;;;/h2*1,3-7H2,2H3;2*1H2,2H3;2*1H;1H2;;/q;;;;;;;2*+1/p-2. The zero-order valence-electron chi connectivity index (χ0n) is 16.2.